The Kier molecular flexibility index (Phi) is 2.72. The Bertz CT molecular complexity index is 519. The van der Waals surface area contributed by atoms with Crippen molar-refractivity contribution in [2.75, 3.05) is 0 Å². The predicted octanol–water partition coefficient (Wildman–Crippen LogP) is 2.31. The predicted molar refractivity (Wildman–Crippen MR) is 60.2 cm³/mol. The highest BCUT2D eigenvalue weighted by Gasteiger charge is 2.07. The Morgan fingerprint density at radius 2 is 2.27 bits per heavy atom. The number of benzene rings is 1. The van der Waals surface area contributed by atoms with Gasteiger partial charge in [0.2, 0.25) is 5.78 Å². The van der Waals surface area contributed by atoms with Gasteiger partial charge in [-0.1, -0.05) is 18.2 Å². The third-order valence-electron chi connectivity index (χ3n) is 2.03. The summed E-state index contributed by atoms with van der Waals surface area (Å²) in [5.41, 5.74) is 8.21. The molecule has 15 heavy (non-hydrogen) atoms. The zero-order chi connectivity index (χ0) is 10.7. The third kappa shape index (κ3) is 2.18. The number of Topliss-reactive ketones (excluding diaryl/α,β-unsaturated/α-hetero) is 1. The molecule has 0 unspecified atom stereocenters. The SMILES string of the molecule is [N-]=[N+]=CC(=O)Cc1cc2ccccc2s1. The van der Waals surface area contributed by atoms with Gasteiger partial charge in [0.25, 0.3) is 0 Å². The van der Waals surface area contributed by atoms with Crippen molar-refractivity contribution in [2.24, 2.45) is 0 Å². The zero-order valence-corrected chi connectivity index (χ0v) is 8.70. The maximum atomic E-state index is 11.2. The van der Waals surface area contributed by atoms with Crippen LogP contribution in [0.4, 0.5) is 0 Å². The lowest BCUT2D eigenvalue weighted by molar-refractivity contribution is -0.115. The monoisotopic (exact) mass is 216 g/mol. The summed E-state index contributed by atoms with van der Waals surface area (Å²) < 4.78 is 1.17. The smallest absolute Gasteiger partial charge is 0.323 e. The molecule has 0 bridgehead atoms. The molecule has 1 aromatic heterocycles. The van der Waals surface area contributed by atoms with E-state index < -0.39 is 0 Å². The molecule has 1 heterocycles. The number of hydrogen-bond acceptors (Lipinski definition) is 2. The number of nitrogens with zero attached hydrogens (tertiary/aromatic N) is 2. The van der Waals surface area contributed by atoms with Crippen LogP contribution in [0.3, 0.4) is 0 Å². The van der Waals surface area contributed by atoms with E-state index in [1.54, 1.807) is 11.3 Å². The lowest BCUT2D eigenvalue weighted by atomic mass is 10.2. The summed E-state index contributed by atoms with van der Waals surface area (Å²) in [6.45, 7) is 0. The average molecular weight is 216 g/mol. The molecule has 0 aliphatic carbocycles. The van der Waals surface area contributed by atoms with Crippen LogP contribution in [0.25, 0.3) is 15.6 Å². The maximum Gasteiger partial charge on any atom is 0.323 e. The van der Waals surface area contributed by atoms with Gasteiger partial charge in [-0.25, -0.2) is 0 Å². The number of rotatable bonds is 3. The van der Waals surface area contributed by atoms with Crippen LogP contribution in [0.1, 0.15) is 4.88 Å². The molecule has 0 atom stereocenters. The van der Waals surface area contributed by atoms with Gasteiger partial charge in [0.1, 0.15) is 0 Å². The maximum absolute atomic E-state index is 11.2. The van der Waals surface area contributed by atoms with Crippen molar-refractivity contribution in [3.63, 3.8) is 0 Å². The Morgan fingerprint density at radius 3 is 3.00 bits per heavy atom. The van der Waals surface area contributed by atoms with Crippen LogP contribution < -0.4 is 0 Å². The first kappa shape index (κ1) is 9.77. The van der Waals surface area contributed by atoms with Gasteiger partial charge in [0, 0.05) is 9.58 Å². The van der Waals surface area contributed by atoms with Gasteiger partial charge >= 0.3 is 6.21 Å². The molecule has 0 aliphatic rings. The molecule has 4 heteroatoms. The van der Waals surface area contributed by atoms with Crippen LogP contribution in [0, 0.1) is 0 Å². The normalized spacial score (nSPS) is 9.87. The van der Waals surface area contributed by atoms with Crippen LogP contribution in [0.2, 0.25) is 0 Å². The first-order valence-electron chi connectivity index (χ1n) is 4.47. The lowest BCUT2D eigenvalue weighted by Crippen LogP contribution is -2.02. The molecule has 0 fully saturated rings. The van der Waals surface area contributed by atoms with Crippen LogP contribution in [-0.4, -0.2) is 16.8 Å². The van der Waals surface area contributed by atoms with Gasteiger partial charge in [0.15, 0.2) is 0 Å². The van der Waals surface area contributed by atoms with Crippen molar-refractivity contribution in [1.82, 2.24) is 0 Å². The molecule has 2 aromatic rings. The summed E-state index contributed by atoms with van der Waals surface area (Å²) in [5, 5.41) is 1.14. The molecular formula is C11H8N2OS. The number of carbonyl (C=O) groups is 1. The summed E-state index contributed by atoms with van der Waals surface area (Å²) in [6.07, 6.45) is 1.23. The van der Waals surface area contributed by atoms with E-state index in [0.717, 1.165) is 16.5 Å². The van der Waals surface area contributed by atoms with Gasteiger partial charge in [-0.05, 0) is 17.5 Å². The van der Waals surface area contributed by atoms with E-state index >= 15 is 0 Å². The van der Waals surface area contributed by atoms with E-state index in [4.69, 9.17) is 5.53 Å². The molecule has 2 rings (SSSR count). The molecule has 0 saturated heterocycles. The molecule has 1 aromatic carbocycles. The summed E-state index contributed by atoms with van der Waals surface area (Å²) in [7, 11) is 0. The van der Waals surface area contributed by atoms with Gasteiger partial charge in [-0.3, -0.25) is 4.79 Å². The molecule has 0 N–H and O–H groups in total. The second-order valence-corrected chi connectivity index (χ2v) is 4.31. The summed E-state index contributed by atoms with van der Waals surface area (Å²) in [5.74, 6) is -0.191. The van der Waals surface area contributed by atoms with Crippen LogP contribution in [-0.2, 0) is 11.2 Å². The summed E-state index contributed by atoms with van der Waals surface area (Å²) in [6, 6.07) is 9.96. The topological polar surface area (TPSA) is 53.5 Å². The molecule has 0 aliphatic heterocycles. The van der Waals surface area contributed by atoms with Crippen LogP contribution >= 0.6 is 11.3 Å². The second kappa shape index (κ2) is 4.17. The number of ketones is 1. The van der Waals surface area contributed by atoms with Crippen molar-refractivity contribution in [2.45, 2.75) is 6.42 Å². The molecular weight excluding hydrogens is 208 g/mol. The second-order valence-electron chi connectivity index (χ2n) is 3.14. The fourth-order valence-electron chi connectivity index (χ4n) is 1.41. The molecule has 74 valence electrons. The van der Waals surface area contributed by atoms with Crippen molar-refractivity contribution in [1.29, 1.82) is 0 Å². The van der Waals surface area contributed by atoms with E-state index in [1.807, 2.05) is 30.3 Å². The Hall–Kier alpha value is -1.77. The van der Waals surface area contributed by atoms with Crippen molar-refractivity contribution >= 4 is 33.4 Å². The first-order valence-corrected chi connectivity index (χ1v) is 5.29. The third-order valence-corrected chi connectivity index (χ3v) is 3.14. The van der Waals surface area contributed by atoms with E-state index in [-0.39, 0.29) is 5.78 Å². The summed E-state index contributed by atoms with van der Waals surface area (Å²) in [4.78, 5) is 14.9. The van der Waals surface area contributed by atoms with E-state index in [9.17, 15) is 4.79 Å². The minimum atomic E-state index is -0.191. The van der Waals surface area contributed by atoms with E-state index in [2.05, 4.69) is 4.79 Å². The average Bonchev–Trinajstić information content (AvgIpc) is 2.59. The summed E-state index contributed by atoms with van der Waals surface area (Å²) >= 11 is 1.59. The largest absolute Gasteiger partial charge is 0.361 e. The Labute approximate surface area is 90.6 Å². The van der Waals surface area contributed by atoms with Gasteiger partial charge in [0.05, 0.1) is 6.42 Å². The highest BCUT2D eigenvalue weighted by molar-refractivity contribution is 7.19. The lowest BCUT2D eigenvalue weighted by Gasteiger charge is -1.84. The van der Waals surface area contributed by atoms with Gasteiger partial charge in [-0.2, -0.15) is 4.79 Å². The first-order chi connectivity index (χ1) is 7.29. The number of thiophene rings is 1. The van der Waals surface area contributed by atoms with Gasteiger partial charge < -0.3 is 5.53 Å². The van der Waals surface area contributed by atoms with Crippen molar-refractivity contribution < 1.29 is 9.58 Å². The van der Waals surface area contributed by atoms with Crippen LogP contribution in [0.15, 0.2) is 30.3 Å². The highest BCUT2D eigenvalue weighted by Crippen LogP contribution is 2.25. The number of hydrogen-bond donors (Lipinski definition) is 0. The van der Waals surface area contributed by atoms with E-state index in [0.29, 0.717) is 6.42 Å². The highest BCUT2D eigenvalue weighted by atomic mass is 32.1. The molecule has 0 spiro atoms. The molecule has 0 saturated carbocycles. The number of fused-ring (bicyclic) bond motifs is 1. The Balaban J connectivity index is 2.29. The van der Waals surface area contributed by atoms with Crippen molar-refractivity contribution in [3.05, 3.63) is 40.7 Å². The minimum absolute atomic E-state index is 0.191. The quantitative estimate of drug-likeness (QED) is 0.441. The van der Waals surface area contributed by atoms with E-state index in [1.165, 1.54) is 4.70 Å². The minimum Gasteiger partial charge on any atom is -0.361 e. The standard InChI is InChI=1S/C11H8N2OS/c12-13-7-9(14)6-10-5-8-3-1-2-4-11(8)15-10/h1-5,7H,6H2. The van der Waals surface area contributed by atoms with Crippen molar-refractivity contribution in [3.8, 4) is 0 Å². The fraction of sp³-hybridized carbons (Fsp3) is 0.0909. The Morgan fingerprint density at radius 1 is 1.47 bits per heavy atom. The molecule has 0 amide bonds. The number of carbonyl (C=O) groups excluding carboxylic acids is 1. The van der Waals surface area contributed by atoms with Gasteiger partial charge in [-0.15, -0.1) is 11.3 Å². The van der Waals surface area contributed by atoms with Crippen LogP contribution in [0.5, 0.6) is 0 Å². The fourth-order valence-corrected chi connectivity index (χ4v) is 2.48. The zero-order valence-electron chi connectivity index (χ0n) is 7.88. The molecule has 0 radical (unpaired) electrons. The molecule has 3 nitrogen and oxygen atoms in total.